The molecule has 4 nitrogen and oxygen atoms in total. The SMILES string of the molecule is O=P(Cl)(Cl)Nc1ncns1. The van der Waals surface area contributed by atoms with Gasteiger partial charge >= 0.3 is 6.00 Å². The second-order valence-electron chi connectivity index (χ2n) is 1.32. The number of aromatic nitrogens is 2. The molecule has 0 saturated carbocycles. The van der Waals surface area contributed by atoms with E-state index in [1.165, 1.54) is 6.33 Å². The van der Waals surface area contributed by atoms with E-state index < -0.39 is 6.00 Å². The zero-order chi connectivity index (χ0) is 7.61. The molecule has 56 valence electrons. The van der Waals surface area contributed by atoms with E-state index >= 15 is 0 Å². The van der Waals surface area contributed by atoms with E-state index in [9.17, 15) is 4.57 Å². The van der Waals surface area contributed by atoms with Crippen molar-refractivity contribution in [3.05, 3.63) is 6.33 Å². The summed E-state index contributed by atoms with van der Waals surface area (Å²) in [4.78, 5) is 3.66. The fraction of sp³-hybridized carbons (Fsp3) is 0. The molecular weight excluding hydrogens is 216 g/mol. The van der Waals surface area contributed by atoms with Crippen molar-refractivity contribution in [3.63, 3.8) is 0 Å². The summed E-state index contributed by atoms with van der Waals surface area (Å²) in [6.07, 6.45) is 1.32. The summed E-state index contributed by atoms with van der Waals surface area (Å²) in [5, 5.41) is 2.65. The van der Waals surface area contributed by atoms with Crippen molar-refractivity contribution in [2.75, 3.05) is 5.09 Å². The van der Waals surface area contributed by atoms with Crippen LogP contribution >= 0.6 is 40.0 Å². The zero-order valence-corrected chi connectivity index (χ0v) is 7.71. The molecule has 0 atom stereocenters. The van der Waals surface area contributed by atoms with Crippen LogP contribution in [0.4, 0.5) is 5.13 Å². The summed E-state index contributed by atoms with van der Waals surface area (Å²) in [5.74, 6) is -3.25. The van der Waals surface area contributed by atoms with Gasteiger partial charge in [0.25, 0.3) is 0 Å². The van der Waals surface area contributed by atoms with Crippen LogP contribution in [0.5, 0.6) is 0 Å². The fourth-order valence-corrected chi connectivity index (χ4v) is 2.23. The highest BCUT2D eigenvalue weighted by molar-refractivity contribution is 8.09. The Morgan fingerprint density at radius 1 is 1.70 bits per heavy atom. The highest BCUT2D eigenvalue weighted by Gasteiger charge is 2.14. The topological polar surface area (TPSA) is 54.9 Å². The molecule has 1 aromatic heterocycles. The maximum absolute atomic E-state index is 10.6. The molecule has 0 aliphatic carbocycles. The van der Waals surface area contributed by atoms with Gasteiger partial charge in [0.05, 0.1) is 0 Å². The summed E-state index contributed by atoms with van der Waals surface area (Å²) in [7, 11) is 0. The molecule has 1 rings (SSSR count). The lowest BCUT2D eigenvalue weighted by atomic mass is 11.2. The maximum Gasteiger partial charge on any atom is 0.345 e. The van der Waals surface area contributed by atoms with E-state index in [1.807, 2.05) is 0 Å². The first kappa shape index (κ1) is 8.27. The van der Waals surface area contributed by atoms with E-state index in [-0.39, 0.29) is 0 Å². The van der Waals surface area contributed by atoms with E-state index in [0.29, 0.717) is 5.13 Å². The van der Waals surface area contributed by atoms with Gasteiger partial charge in [-0.25, -0.2) is 4.98 Å². The average Bonchev–Trinajstić information content (AvgIpc) is 2.12. The van der Waals surface area contributed by atoms with Gasteiger partial charge in [0, 0.05) is 11.5 Å². The van der Waals surface area contributed by atoms with Crippen LogP contribution in [0.2, 0.25) is 0 Å². The lowest BCUT2D eigenvalue weighted by molar-refractivity contribution is 0.595. The molecule has 0 unspecified atom stereocenters. The van der Waals surface area contributed by atoms with Crippen LogP contribution in [-0.4, -0.2) is 9.36 Å². The second kappa shape index (κ2) is 3.05. The van der Waals surface area contributed by atoms with E-state index in [1.54, 1.807) is 0 Å². The Labute approximate surface area is 70.7 Å². The second-order valence-corrected chi connectivity index (χ2v) is 6.62. The minimum Gasteiger partial charge on any atom is -0.287 e. The first-order chi connectivity index (χ1) is 4.58. The molecule has 0 aliphatic rings. The fourth-order valence-electron chi connectivity index (χ4n) is 0.334. The Balaban J connectivity index is 2.66. The first-order valence-electron chi connectivity index (χ1n) is 2.12. The van der Waals surface area contributed by atoms with Gasteiger partial charge in [0.15, 0.2) is 0 Å². The Kier molecular flexibility index (Phi) is 2.52. The van der Waals surface area contributed by atoms with Gasteiger partial charge in [-0.2, -0.15) is 4.37 Å². The van der Waals surface area contributed by atoms with Gasteiger partial charge in [-0.3, -0.25) is 9.65 Å². The van der Waals surface area contributed by atoms with Gasteiger partial charge in [0.2, 0.25) is 5.13 Å². The van der Waals surface area contributed by atoms with Crippen molar-refractivity contribution >= 4 is 45.1 Å². The molecule has 1 heterocycles. The molecule has 0 aromatic carbocycles. The number of halogens is 2. The minimum absolute atomic E-state index is 0.355. The molecule has 1 aromatic rings. The number of nitrogens with zero attached hydrogens (tertiary/aromatic N) is 2. The van der Waals surface area contributed by atoms with Crippen molar-refractivity contribution in [2.45, 2.75) is 0 Å². The predicted octanol–water partition coefficient (Wildman–Crippen LogP) is 2.54. The third-order valence-corrected chi connectivity index (χ3v) is 2.30. The van der Waals surface area contributed by atoms with Crippen molar-refractivity contribution in [1.82, 2.24) is 9.36 Å². The number of hydrogen-bond acceptors (Lipinski definition) is 4. The van der Waals surface area contributed by atoms with Gasteiger partial charge in [-0.1, -0.05) is 0 Å². The monoisotopic (exact) mass is 217 g/mol. The molecule has 8 heteroatoms. The largest absolute Gasteiger partial charge is 0.345 e. The summed E-state index contributed by atoms with van der Waals surface area (Å²) in [6, 6.07) is 0. The third-order valence-electron chi connectivity index (χ3n) is 0.587. The quantitative estimate of drug-likeness (QED) is 0.774. The molecule has 0 amide bonds. The number of nitrogens with one attached hydrogen (secondary N) is 1. The summed E-state index contributed by atoms with van der Waals surface area (Å²) in [5.41, 5.74) is 0. The van der Waals surface area contributed by atoms with Crippen LogP contribution in [0.1, 0.15) is 0 Å². The predicted molar refractivity (Wildman–Crippen MR) is 42.8 cm³/mol. The first-order valence-corrected chi connectivity index (χ1v) is 6.41. The number of rotatable bonds is 2. The Bertz CT molecular complexity index is 245. The van der Waals surface area contributed by atoms with Gasteiger partial charge in [-0.15, -0.1) is 0 Å². The van der Waals surface area contributed by atoms with Crippen molar-refractivity contribution in [1.29, 1.82) is 0 Å². The summed E-state index contributed by atoms with van der Waals surface area (Å²) >= 11 is 11.4. The lowest BCUT2D eigenvalue weighted by Crippen LogP contribution is -1.83. The third kappa shape index (κ3) is 2.84. The molecule has 0 saturated heterocycles. The average molecular weight is 218 g/mol. The highest BCUT2D eigenvalue weighted by atomic mass is 35.9. The molecule has 0 spiro atoms. The standard InChI is InChI=1S/C2H2Cl2N3OPS/c3-9(4,8)7-2-5-1-6-10-2/h1H,(H,5,6,7,8). The van der Waals surface area contributed by atoms with E-state index in [4.69, 9.17) is 22.5 Å². The maximum atomic E-state index is 10.6. The smallest absolute Gasteiger partial charge is 0.287 e. The van der Waals surface area contributed by atoms with Gasteiger partial charge in [0.1, 0.15) is 6.33 Å². The summed E-state index contributed by atoms with van der Waals surface area (Å²) < 4.78 is 14.3. The Hall–Kier alpha value is 0.170. The molecule has 10 heavy (non-hydrogen) atoms. The Morgan fingerprint density at radius 2 is 2.40 bits per heavy atom. The van der Waals surface area contributed by atoms with Crippen LogP contribution in [-0.2, 0) is 4.57 Å². The van der Waals surface area contributed by atoms with Crippen LogP contribution in [0.25, 0.3) is 0 Å². The van der Waals surface area contributed by atoms with E-state index in [2.05, 4.69) is 14.4 Å². The van der Waals surface area contributed by atoms with Crippen molar-refractivity contribution in [3.8, 4) is 0 Å². The summed E-state index contributed by atoms with van der Waals surface area (Å²) in [6.45, 7) is 0. The van der Waals surface area contributed by atoms with Crippen LogP contribution in [0, 0.1) is 0 Å². The normalized spacial score (nSPS) is 11.4. The van der Waals surface area contributed by atoms with E-state index in [0.717, 1.165) is 11.5 Å². The molecule has 0 bridgehead atoms. The molecule has 1 N–H and O–H groups in total. The highest BCUT2D eigenvalue weighted by Crippen LogP contribution is 2.55. The number of hydrogen-bond donors (Lipinski definition) is 1. The Morgan fingerprint density at radius 3 is 2.80 bits per heavy atom. The van der Waals surface area contributed by atoms with Crippen molar-refractivity contribution < 1.29 is 4.57 Å². The number of anilines is 1. The molecule has 0 fully saturated rings. The van der Waals surface area contributed by atoms with Gasteiger partial charge in [-0.05, 0) is 22.5 Å². The molecule has 0 radical (unpaired) electrons. The lowest BCUT2D eigenvalue weighted by Gasteiger charge is -1.98. The minimum atomic E-state index is -3.25. The zero-order valence-electron chi connectivity index (χ0n) is 4.49. The van der Waals surface area contributed by atoms with Gasteiger partial charge < -0.3 is 0 Å². The molecule has 0 aliphatic heterocycles. The van der Waals surface area contributed by atoms with Crippen LogP contribution in [0.3, 0.4) is 0 Å². The molecular formula is C2H2Cl2N3OPS. The van der Waals surface area contributed by atoms with Crippen molar-refractivity contribution in [2.24, 2.45) is 0 Å². The van der Waals surface area contributed by atoms with Crippen LogP contribution < -0.4 is 5.09 Å². The van der Waals surface area contributed by atoms with Crippen LogP contribution in [0.15, 0.2) is 6.33 Å².